The van der Waals surface area contributed by atoms with Gasteiger partial charge in [0.2, 0.25) is 10.0 Å². The topological polar surface area (TPSA) is 98.2 Å². The van der Waals surface area contributed by atoms with Crippen LogP contribution in [0.25, 0.3) is 0 Å². The van der Waals surface area contributed by atoms with Crippen LogP contribution in [-0.4, -0.2) is 25.7 Å². The Morgan fingerprint density at radius 1 is 1.42 bits per heavy atom. The Kier molecular flexibility index (Phi) is 4.59. The number of sulfonamides is 1. The molecular weight excluding hydrogens is 266 g/mol. The molecule has 7 heteroatoms. The lowest BCUT2D eigenvalue weighted by Gasteiger charge is -2.22. The molecule has 1 aliphatic rings. The second kappa shape index (κ2) is 6.02. The van der Waals surface area contributed by atoms with E-state index < -0.39 is 10.0 Å². The van der Waals surface area contributed by atoms with E-state index in [1.54, 1.807) is 13.0 Å². The molecule has 1 aromatic heterocycles. The summed E-state index contributed by atoms with van der Waals surface area (Å²) in [5.41, 5.74) is 6.45. The highest BCUT2D eigenvalue weighted by atomic mass is 32.2. The van der Waals surface area contributed by atoms with Crippen molar-refractivity contribution in [3.63, 3.8) is 0 Å². The molecule has 0 aromatic carbocycles. The third-order valence-electron chi connectivity index (χ3n) is 3.42. The fraction of sp³-hybridized carbons (Fsp3) is 0.750. The predicted molar refractivity (Wildman–Crippen MR) is 71.8 cm³/mol. The number of hydrogen-bond donors (Lipinski definition) is 2. The molecule has 1 aliphatic carbocycles. The van der Waals surface area contributed by atoms with Crippen LogP contribution in [0.3, 0.4) is 0 Å². The molecule has 2 atom stereocenters. The predicted octanol–water partition coefficient (Wildman–Crippen LogP) is 1.06. The van der Waals surface area contributed by atoms with Crippen LogP contribution >= 0.6 is 0 Å². The van der Waals surface area contributed by atoms with Crippen molar-refractivity contribution >= 4 is 10.0 Å². The standard InChI is InChI=1S/C12H21N3O3S/c1-9-7-10(14-18-9)8-19(16,17)15-12-6-4-2-3-5-11(12)13/h7,11-12,15H,2-6,8,13H2,1H3. The fourth-order valence-electron chi connectivity index (χ4n) is 2.44. The lowest BCUT2D eigenvalue weighted by molar-refractivity contribution is 0.392. The number of rotatable bonds is 4. The number of nitrogens with two attached hydrogens (primary N) is 1. The van der Waals surface area contributed by atoms with Crippen LogP contribution in [0.4, 0.5) is 0 Å². The molecule has 2 rings (SSSR count). The van der Waals surface area contributed by atoms with Crippen LogP contribution in [0.5, 0.6) is 0 Å². The van der Waals surface area contributed by atoms with Crippen molar-refractivity contribution in [1.29, 1.82) is 0 Å². The van der Waals surface area contributed by atoms with E-state index in [1.807, 2.05) is 0 Å². The van der Waals surface area contributed by atoms with E-state index in [-0.39, 0.29) is 17.8 Å². The third-order valence-corrected chi connectivity index (χ3v) is 4.75. The maximum absolute atomic E-state index is 12.1. The molecule has 1 heterocycles. The molecule has 0 aliphatic heterocycles. The van der Waals surface area contributed by atoms with Gasteiger partial charge in [0, 0.05) is 18.2 Å². The van der Waals surface area contributed by atoms with Gasteiger partial charge in [0.25, 0.3) is 0 Å². The molecule has 2 unspecified atom stereocenters. The molecule has 1 saturated carbocycles. The zero-order valence-electron chi connectivity index (χ0n) is 11.1. The van der Waals surface area contributed by atoms with Gasteiger partial charge in [0.1, 0.15) is 17.2 Å². The van der Waals surface area contributed by atoms with Crippen LogP contribution in [0.1, 0.15) is 43.6 Å². The molecular formula is C12H21N3O3S. The number of hydrogen-bond acceptors (Lipinski definition) is 5. The summed E-state index contributed by atoms with van der Waals surface area (Å²) < 4.78 is 31.8. The Balaban J connectivity index is 1.99. The van der Waals surface area contributed by atoms with E-state index in [0.29, 0.717) is 11.5 Å². The monoisotopic (exact) mass is 287 g/mol. The van der Waals surface area contributed by atoms with E-state index in [1.165, 1.54) is 0 Å². The van der Waals surface area contributed by atoms with Gasteiger partial charge in [0.05, 0.1) is 0 Å². The first kappa shape index (κ1) is 14.5. The lowest BCUT2D eigenvalue weighted by Crippen LogP contribution is -2.47. The summed E-state index contributed by atoms with van der Waals surface area (Å²) in [7, 11) is -3.42. The van der Waals surface area contributed by atoms with Gasteiger partial charge in [-0.25, -0.2) is 13.1 Å². The molecule has 0 saturated heterocycles. The normalized spacial score (nSPS) is 25.2. The van der Waals surface area contributed by atoms with Gasteiger partial charge in [-0.15, -0.1) is 0 Å². The first-order valence-electron chi connectivity index (χ1n) is 6.64. The molecule has 1 fully saturated rings. The lowest BCUT2D eigenvalue weighted by atomic mass is 10.1. The van der Waals surface area contributed by atoms with E-state index in [9.17, 15) is 8.42 Å². The van der Waals surface area contributed by atoms with Crippen LogP contribution in [0.2, 0.25) is 0 Å². The number of aryl methyl sites for hydroxylation is 1. The summed E-state index contributed by atoms with van der Waals surface area (Å²) in [6.45, 7) is 1.73. The third kappa shape index (κ3) is 4.29. The Hall–Kier alpha value is -0.920. The van der Waals surface area contributed by atoms with Crippen molar-refractivity contribution in [3.8, 4) is 0 Å². The van der Waals surface area contributed by atoms with Gasteiger partial charge in [-0.2, -0.15) is 0 Å². The second-order valence-corrected chi connectivity index (χ2v) is 6.97. The Labute approximate surface area is 113 Å². The maximum Gasteiger partial charge on any atom is 0.217 e. The SMILES string of the molecule is Cc1cc(CS(=O)(=O)NC2CCCCCC2N)no1. The Morgan fingerprint density at radius 2 is 2.16 bits per heavy atom. The molecule has 1 aromatic rings. The van der Waals surface area contributed by atoms with Crippen LogP contribution in [0.15, 0.2) is 10.6 Å². The number of nitrogens with one attached hydrogen (secondary N) is 1. The van der Waals surface area contributed by atoms with Crippen molar-refractivity contribution in [3.05, 3.63) is 17.5 Å². The zero-order valence-corrected chi connectivity index (χ0v) is 11.9. The summed E-state index contributed by atoms with van der Waals surface area (Å²) in [6, 6.07) is 1.36. The largest absolute Gasteiger partial charge is 0.361 e. The summed E-state index contributed by atoms with van der Waals surface area (Å²) in [4.78, 5) is 0. The van der Waals surface area contributed by atoms with Crippen molar-refractivity contribution in [2.24, 2.45) is 5.73 Å². The molecule has 19 heavy (non-hydrogen) atoms. The minimum absolute atomic E-state index is 0.101. The van der Waals surface area contributed by atoms with Crippen molar-refractivity contribution in [2.45, 2.75) is 56.9 Å². The average molecular weight is 287 g/mol. The Morgan fingerprint density at radius 3 is 2.84 bits per heavy atom. The molecule has 0 bridgehead atoms. The quantitative estimate of drug-likeness (QED) is 0.807. The average Bonchev–Trinajstić information content (AvgIpc) is 2.60. The minimum Gasteiger partial charge on any atom is -0.361 e. The number of nitrogens with zero attached hydrogens (tertiary/aromatic N) is 1. The van der Waals surface area contributed by atoms with Crippen LogP contribution < -0.4 is 10.5 Å². The highest BCUT2D eigenvalue weighted by Gasteiger charge is 2.25. The zero-order chi connectivity index (χ0) is 13.9. The fourth-order valence-corrected chi connectivity index (χ4v) is 3.80. The van der Waals surface area contributed by atoms with E-state index in [0.717, 1.165) is 32.1 Å². The molecule has 6 nitrogen and oxygen atoms in total. The van der Waals surface area contributed by atoms with E-state index in [4.69, 9.17) is 10.3 Å². The van der Waals surface area contributed by atoms with Gasteiger partial charge in [-0.05, 0) is 19.8 Å². The highest BCUT2D eigenvalue weighted by Crippen LogP contribution is 2.18. The maximum atomic E-state index is 12.1. The van der Waals surface area contributed by atoms with Crippen LogP contribution in [-0.2, 0) is 15.8 Å². The summed E-state index contributed by atoms with van der Waals surface area (Å²) >= 11 is 0. The van der Waals surface area contributed by atoms with E-state index >= 15 is 0 Å². The van der Waals surface area contributed by atoms with E-state index in [2.05, 4.69) is 9.88 Å². The van der Waals surface area contributed by atoms with Crippen molar-refractivity contribution in [2.75, 3.05) is 0 Å². The first-order chi connectivity index (χ1) is 8.96. The van der Waals surface area contributed by atoms with Gasteiger partial charge >= 0.3 is 0 Å². The van der Waals surface area contributed by atoms with Gasteiger partial charge in [0.15, 0.2) is 0 Å². The van der Waals surface area contributed by atoms with Gasteiger partial charge in [-0.1, -0.05) is 24.4 Å². The minimum atomic E-state index is -3.42. The molecule has 0 amide bonds. The molecule has 0 radical (unpaired) electrons. The van der Waals surface area contributed by atoms with Gasteiger partial charge in [-0.3, -0.25) is 0 Å². The Bertz CT molecular complexity index is 512. The van der Waals surface area contributed by atoms with Crippen molar-refractivity contribution in [1.82, 2.24) is 9.88 Å². The summed E-state index contributed by atoms with van der Waals surface area (Å²) in [6.07, 6.45) is 4.88. The van der Waals surface area contributed by atoms with Crippen LogP contribution in [0, 0.1) is 6.92 Å². The summed E-state index contributed by atoms with van der Waals surface area (Å²) in [5.74, 6) is 0.449. The number of aromatic nitrogens is 1. The molecule has 108 valence electrons. The van der Waals surface area contributed by atoms with Gasteiger partial charge < -0.3 is 10.3 Å². The second-order valence-electron chi connectivity index (χ2n) is 5.21. The highest BCUT2D eigenvalue weighted by molar-refractivity contribution is 7.88. The summed E-state index contributed by atoms with van der Waals surface area (Å²) in [5, 5.41) is 3.71. The molecule has 3 N–H and O–H groups in total. The first-order valence-corrected chi connectivity index (χ1v) is 8.29. The molecule has 0 spiro atoms. The van der Waals surface area contributed by atoms with Crippen molar-refractivity contribution < 1.29 is 12.9 Å². The smallest absolute Gasteiger partial charge is 0.217 e.